The second-order valence-corrected chi connectivity index (χ2v) is 4.54. The molecule has 3 heteroatoms. The van der Waals surface area contributed by atoms with Crippen molar-refractivity contribution in [3.05, 3.63) is 33.3 Å². The van der Waals surface area contributed by atoms with Gasteiger partial charge in [0.2, 0.25) is 0 Å². The van der Waals surface area contributed by atoms with Crippen LogP contribution in [0, 0.1) is 11.8 Å². The van der Waals surface area contributed by atoms with Gasteiger partial charge in [0.15, 0.2) is 0 Å². The highest BCUT2D eigenvalue weighted by Crippen LogP contribution is 2.18. The maximum Gasteiger partial charge on any atom is 0.0429 e. The second kappa shape index (κ2) is 5.70. The van der Waals surface area contributed by atoms with Gasteiger partial charge < -0.3 is 0 Å². The summed E-state index contributed by atoms with van der Waals surface area (Å²) in [5.41, 5.74) is 0.945. The molecule has 0 saturated carbocycles. The summed E-state index contributed by atoms with van der Waals surface area (Å²) in [6, 6.07) is 5.65. The third-order valence-corrected chi connectivity index (χ3v) is 2.39. The molecule has 0 N–H and O–H groups in total. The molecule has 0 aliphatic heterocycles. The quantitative estimate of drug-likeness (QED) is 0.536. The normalized spacial score (nSPS) is 9.15. The van der Waals surface area contributed by atoms with Crippen LogP contribution < -0.4 is 0 Å². The van der Waals surface area contributed by atoms with Crippen LogP contribution in [-0.4, -0.2) is 5.33 Å². The Hall–Kier alpha value is 0.0300. The molecule has 0 unspecified atom stereocenters. The molecule has 0 spiro atoms. The summed E-state index contributed by atoms with van der Waals surface area (Å²) in [6.07, 6.45) is 0.851. The molecule has 0 atom stereocenters. The maximum absolute atomic E-state index is 5.86. The van der Waals surface area contributed by atoms with Gasteiger partial charge in [0.05, 0.1) is 0 Å². The SMILES string of the molecule is Clc1cc(Br)cc(C#CCCBr)c1. The molecule has 1 aromatic carbocycles. The zero-order chi connectivity index (χ0) is 9.68. The van der Waals surface area contributed by atoms with E-state index in [0.717, 1.165) is 21.8 Å². The van der Waals surface area contributed by atoms with E-state index in [0.29, 0.717) is 5.02 Å². The molecule has 0 heterocycles. The van der Waals surface area contributed by atoms with Crippen LogP contribution in [0.1, 0.15) is 12.0 Å². The first-order chi connectivity index (χ1) is 6.22. The van der Waals surface area contributed by atoms with Crippen molar-refractivity contribution < 1.29 is 0 Å². The Morgan fingerprint density at radius 2 is 2.08 bits per heavy atom. The fourth-order valence-electron chi connectivity index (χ4n) is 0.838. The second-order valence-electron chi connectivity index (χ2n) is 2.40. The van der Waals surface area contributed by atoms with Gasteiger partial charge in [-0.2, -0.15) is 0 Å². The molecule has 68 valence electrons. The predicted molar refractivity (Wildman–Crippen MR) is 64.4 cm³/mol. The molecule has 0 aliphatic carbocycles. The van der Waals surface area contributed by atoms with E-state index in [9.17, 15) is 0 Å². The van der Waals surface area contributed by atoms with Gasteiger partial charge in [0.25, 0.3) is 0 Å². The minimum absolute atomic E-state index is 0.706. The summed E-state index contributed by atoms with van der Waals surface area (Å²) >= 11 is 12.5. The molecule has 1 aromatic rings. The van der Waals surface area contributed by atoms with Crippen LogP contribution in [0.15, 0.2) is 22.7 Å². The topological polar surface area (TPSA) is 0 Å². The average Bonchev–Trinajstić information content (AvgIpc) is 2.03. The molecular formula is C10H7Br2Cl. The van der Waals surface area contributed by atoms with E-state index in [-0.39, 0.29) is 0 Å². The van der Waals surface area contributed by atoms with Gasteiger partial charge in [-0.25, -0.2) is 0 Å². The summed E-state index contributed by atoms with van der Waals surface area (Å²) in [5.74, 6) is 6.06. The summed E-state index contributed by atoms with van der Waals surface area (Å²) in [6.45, 7) is 0. The third kappa shape index (κ3) is 4.17. The summed E-state index contributed by atoms with van der Waals surface area (Å²) in [7, 11) is 0. The van der Waals surface area contributed by atoms with Crippen molar-refractivity contribution in [2.24, 2.45) is 0 Å². The van der Waals surface area contributed by atoms with E-state index in [4.69, 9.17) is 11.6 Å². The highest BCUT2D eigenvalue weighted by Gasteiger charge is 1.93. The molecule has 0 fully saturated rings. The lowest BCUT2D eigenvalue weighted by Gasteiger charge is -1.94. The van der Waals surface area contributed by atoms with Crippen LogP contribution in [0.3, 0.4) is 0 Å². The van der Waals surface area contributed by atoms with E-state index < -0.39 is 0 Å². The van der Waals surface area contributed by atoms with E-state index in [1.165, 1.54) is 0 Å². The number of hydrogen-bond donors (Lipinski definition) is 0. The monoisotopic (exact) mass is 320 g/mol. The average molecular weight is 322 g/mol. The zero-order valence-electron chi connectivity index (χ0n) is 6.78. The maximum atomic E-state index is 5.86. The zero-order valence-corrected chi connectivity index (χ0v) is 10.7. The smallest absolute Gasteiger partial charge is 0.0429 e. The van der Waals surface area contributed by atoms with E-state index in [1.54, 1.807) is 0 Å². The number of rotatable bonds is 1. The summed E-state index contributed by atoms with van der Waals surface area (Å²) < 4.78 is 0.961. The third-order valence-electron chi connectivity index (χ3n) is 1.31. The Kier molecular flexibility index (Phi) is 4.87. The Bertz CT molecular complexity index is 329. The van der Waals surface area contributed by atoms with Crippen molar-refractivity contribution in [2.45, 2.75) is 6.42 Å². The molecule has 0 amide bonds. The fraction of sp³-hybridized carbons (Fsp3) is 0.200. The van der Waals surface area contributed by atoms with Crippen LogP contribution in [0.5, 0.6) is 0 Å². The van der Waals surface area contributed by atoms with Crippen LogP contribution in [0.2, 0.25) is 5.02 Å². The molecule has 0 nitrogen and oxygen atoms in total. The minimum Gasteiger partial charge on any atom is -0.0970 e. The first kappa shape index (κ1) is 11.1. The van der Waals surface area contributed by atoms with E-state index in [2.05, 4.69) is 43.7 Å². The van der Waals surface area contributed by atoms with Crippen molar-refractivity contribution >= 4 is 43.5 Å². The van der Waals surface area contributed by atoms with Crippen molar-refractivity contribution in [1.29, 1.82) is 0 Å². The molecule has 0 saturated heterocycles. The molecular weight excluding hydrogens is 315 g/mol. The Morgan fingerprint density at radius 1 is 1.31 bits per heavy atom. The molecule has 0 bridgehead atoms. The van der Waals surface area contributed by atoms with Crippen molar-refractivity contribution in [3.63, 3.8) is 0 Å². The number of halogens is 3. The Balaban J connectivity index is 2.85. The highest BCUT2D eigenvalue weighted by molar-refractivity contribution is 9.10. The van der Waals surface area contributed by atoms with Gasteiger partial charge in [-0.15, -0.1) is 0 Å². The molecule has 0 radical (unpaired) electrons. The van der Waals surface area contributed by atoms with Gasteiger partial charge in [-0.05, 0) is 18.2 Å². The van der Waals surface area contributed by atoms with Gasteiger partial charge >= 0.3 is 0 Å². The summed E-state index contributed by atoms with van der Waals surface area (Å²) in [5, 5.41) is 1.61. The highest BCUT2D eigenvalue weighted by atomic mass is 79.9. The molecule has 0 aromatic heterocycles. The van der Waals surface area contributed by atoms with Crippen molar-refractivity contribution in [3.8, 4) is 11.8 Å². The standard InChI is InChI=1S/C10H7Br2Cl/c11-4-2-1-3-8-5-9(12)7-10(13)6-8/h5-7H,2,4H2. The molecule has 13 heavy (non-hydrogen) atoms. The molecule has 0 aliphatic rings. The minimum atomic E-state index is 0.706. The van der Waals surface area contributed by atoms with Gasteiger partial charge in [0, 0.05) is 26.8 Å². The first-order valence-electron chi connectivity index (χ1n) is 3.73. The van der Waals surface area contributed by atoms with Crippen LogP contribution >= 0.6 is 43.5 Å². The Labute approximate surface area is 99.9 Å². The lowest BCUT2D eigenvalue weighted by atomic mass is 10.2. The number of hydrogen-bond acceptors (Lipinski definition) is 0. The van der Waals surface area contributed by atoms with Crippen molar-refractivity contribution in [1.82, 2.24) is 0 Å². The van der Waals surface area contributed by atoms with Crippen LogP contribution in [0.25, 0.3) is 0 Å². The number of alkyl halides is 1. The number of benzene rings is 1. The van der Waals surface area contributed by atoms with E-state index >= 15 is 0 Å². The van der Waals surface area contributed by atoms with Crippen LogP contribution in [0.4, 0.5) is 0 Å². The van der Waals surface area contributed by atoms with Gasteiger partial charge in [-0.1, -0.05) is 55.3 Å². The predicted octanol–water partition coefficient (Wildman–Crippen LogP) is 4.24. The van der Waals surface area contributed by atoms with Crippen molar-refractivity contribution in [2.75, 3.05) is 5.33 Å². The fourth-order valence-corrected chi connectivity index (χ4v) is 1.90. The molecule has 1 rings (SSSR count). The van der Waals surface area contributed by atoms with Crippen LogP contribution in [-0.2, 0) is 0 Å². The van der Waals surface area contributed by atoms with Gasteiger partial charge in [0.1, 0.15) is 0 Å². The van der Waals surface area contributed by atoms with Gasteiger partial charge in [-0.3, -0.25) is 0 Å². The summed E-state index contributed by atoms with van der Waals surface area (Å²) in [4.78, 5) is 0. The lowest BCUT2D eigenvalue weighted by Crippen LogP contribution is -1.76. The lowest BCUT2D eigenvalue weighted by molar-refractivity contribution is 1.32. The Morgan fingerprint density at radius 3 is 2.69 bits per heavy atom. The first-order valence-corrected chi connectivity index (χ1v) is 6.02. The van der Waals surface area contributed by atoms with E-state index in [1.807, 2.05) is 18.2 Å². The largest absolute Gasteiger partial charge is 0.0970 e.